The van der Waals surface area contributed by atoms with Gasteiger partial charge < -0.3 is 5.32 Å². The Labute approximate surface area is 79.7 Å². The van der Waals surface area contributed by atoms with Gasteiger partial charge in [-0.05, 0) is 12.5 Å². The van der Waals surface area contributed by atoms with Crippen molar-refractivity contribution in [1.82, 2.24) is 9.88 Å². The van der Waals surface area contributed by atoms with Crippen LogP contribution in [0.25, 0.3) is 0 Å². The Morgan fingerprint density at radius 2 is 2.29 bits per heavy atom. The van der Waals surface area contributed by atoms with E-state index in [4.69, 9.17) is 0 Å². The van der Waals surface area contributed by atoms with Crippen molar-refractivity contribution in [3.63, 3.8) is 0 Å². The summed E-state index contributed by atoms with van der Waals surface area (Å²) < 4.78 is 14.1. The number of carbonyl (C=O) groups excluding carboxylic acids is 2. The summed E-state index contributed by atoms with van der Waals surface area (Å²) in [4.78, 5) is 22.9. The van der Waals surface area contributed by atoms with Crippen molar-refractivity contribution in [1.29, 1.82) is 0 Å². The van der Waals surface area contributed by atoms with Crippen molar-refractivity contribution >= 4 is 11.8 Å². The molecule has 1 aromatic rings. The Morgan fingerprint density at radius 3 is 2.93 bits per heavy atom. The van der Waals surface area contributed by atoms with E-state index in [2.05, 4.69) is 5.32 Å². The van der Waals surface area contributed by atoms with Crippen LogP contribution in [0.5, 0.6) is 0 Å². The monoisotopic (exact) mass is 196 g/mol. The summed E-state index contributed by atoms with van der Waals surface area (Å²) in [7, 11) is 0. The molecule has 0 spiro atoms. The Balaban J connectivity index is 2.54. The highest BCUT2D eigenvalue weighted by molar-refractivity contribution is 6.06. The molecule has 1 aromatic heterocycles. The fourth-order valence-corrected chi connectivity index (χ4v) is 1.55. The first-order chi connectivity index (χ1) is 6.65. The third-order valence-corrected chi connectivity index (χ3v) is 2.31. The highest BCUT2D eigenvalue weighted by atomic mass is 19.1. The van der Waals surface area contributed by atoms with Gasteiger partial charge in [-0.15, -0.1) is 0 Å². The standard InChI is InChI=1S/C9H9FN2O2/c1-2-6-8(13)7-5(10)3-4-12(7)9(14)11-6/h3-4,6H,2H2,1H3,(H,11,14). The molecule has 2 rings (SSSR count). The second-order valence-electron chi connectivity index (χ2n) is 3.16. The second kappa shape index (κ2) is 2.94. The van der Waals surface area contributed by atoms with Gasteiger partial charge in [-0.2, -0.15) is 0 Å². The molecule has 4 nitrogen and oxygen atoms in total. The Kier molecular flexibility index (Phi) is 1.87. The highest BCUT2D eigenvalue weighted by Gasteiger charge is 2.32. The summed E-state index contributed by atoms with van der Waals surface area (Å²) in [6.45, 7) is 1.76. The lowest BCUT2D eigenvalue weighted by Gasteiger charge is -2.22. The van der Waals surface area contributed by atoms with Gasteiger partial charge in [-0.3, -0.25) is 9.36 Å². The van der Waals surface area contributed by atoms with Crippen LogP contribution in [0.1, 0.15) is 23.8 Å². The van der Waals surface area contributed by atoms with Crippen LogP contribution in [-0.2, 0) is 0 Å². The van der Waals surface area contributed by atoms with Crippen LogP contribution in [0.3, 0.4) is 0 Å². The number of rotatable bonds is 1. The number of Topliss-reactive ketones (excluding diaryl/α,β-unsaturated/α-hetero) is 1. The van der Waals surface area contributed by atoms with Crippen LogP contribution in [0.15, 0.2) is 12.3 Å². The summed E-state index contributed by atoms with van der Waals surface area (Å²) in [6, 6.07) is 0.0694. The molecule has 1 unspecified atom stereocenters. The molecule has 1 amide bonds. The highest BCUT2D eigenvalue weighted by Crippen LogP contribution is 2.16. The van der Waals surface area contributed by atoms with E-state index in [0.29, 0.717) is 6.42 Å². The molecule has 0 aromatic carbocycles. The lowest BCUT2D eigenvalue weighted by molar-refractivity contribution is 0.0917. The van der Waals surface area contributed by atoms with E-state index in [9.17, 15) is 14.0 Å². The molecule has 0 saturated heterocycles. The van der Waals surface area contributed by atoms with Gasteiger partial charge in [0.15, 0.2) is 5.82 Å². The minimum absolute atomic E-state index is 0.138. The zero-order chi connectivity index (χ0) is 10.3. The van der Waals surface area contributed by atoms with Gasteiger partial charge in [0, 0.05) is 6.20 Å². The van der Waals surface area contributed by atoms with E-state index in [1.54, 1.807) is 6.92 Å². The van der Waals surface area contributed by atoms with Crippen molar-refractivity contribution in [2.45, 2.75) is 19.4 Å². The van der Waals surface area contributed by atoms with Gasteiger partial charge in [-0.25, -0.2) is 9.18 Å². The third-order valence-electron chi connectivity index (χ3n) is 2.31. The van der Waals surface area contributed by atoms with Crippen molar-refractivity contribution in [2.75, 3.05) is 0 Å². The van der Waals surface area contributed by atoms with Gasteiger partial charge in [0.1, 0.15) is 5.69 Å². The largest absolute Gasteiger partial charge is 0.327 e. The van der Waals surface area contributed by atoms with Crippen LogP contribution in [0, 0.1) is 5.82 Å². The minimum atomic E-state index is -0.636. The normalized spacial score (nSPS) is 20.6. The number of amides is 1. The molecule has 1 aliphatic rings. The first kappa shape index (κ1) is 8.93. The summed E-state index contributed by atoms with van der Waals surface area (Å²) >= 11 is 0. The van der Waals surface area contributed by atoms with E-state index in [0.717, 1.165) is 10.6 Å². The van der Waals surface area contributed by atoms with Crippen LogP contribution in [-0.4, -0.2) is 22.4 Å². The predicted molar refractivity (Wildman–Crippen MR) is 46.7 cm³/mol. The van der Waals surface area contributed by atoms with Gasteiger partial charge in [-0.1, -0.05) is 6.92 Å². The molecule has 0 saturated carbocycles. The number of carbonyl (C=O) groups is 2. The molecule has 14 heavy (non-hydrogen) atoms. The predicted octanol–water partition coefficient (Wildman–Crippen LogP) is 1.16. The first-order valence-electron chi connectivity index (χ1n) is 4.37. The average Bonchev–Trinajstić information content (AvgIpc) is 2.54. The SMILES string of the molecule is CCC1NC(=O)n2ccc(F)c2C1=O. The molecule has 5 heteroatoms. The number of aromatic nitrogens is 1. The van der Waals surface area contributed by atoms with Crippen LogP contribution in [0.4, 0.5) is 9.18 Å². The third kappa shape index (κ3) is 1.05. The lowest BCUT2D eigenvalue weighted by Crippen LogP contribution is -2.48. The molecule has 1 atom stereocenters. The lowest BCUT2D eigenvalue weighted by atomic mass is 10.1. The maximum atomic E-state index is 13.1. The molecule has 2 heterocycles. The Morgan fingerprint density at radius 1 is 1.57 bits per heavy atom. The molecule has 0 bridgehead atoms. The van der Waals surface area contributed by atoms with E-state index >= 15 is 0 Å². The van der Waals surface area contributed by atoms with Gasteiger partial charge in [0.2, 0.25) is 5.78 Å². The fraction of sp³-hybridized carbons (Fsp3) is 0.333. The molecule has 74 valence electrons. The van der Waals surface area contributed by atoms with Gasteiger partial charge in [0.05, 0.1) is 6.04 Å². The molecule has 1 aliphatic heterocycles. The minimum Gasteiger partial charge on any atom is -0.327 e. The second-order valence-corrected chi connectivity index (χ2v) is 3.16. The summed E-state index contributed by atoms with van der Waals surface area (Å²) in [5, 5.41) is 2.49. The molecule has 0 radical (unpaired) electrons. The topological polar surface area (TPSA) is 51.1 Å². The van der Waals surface area contributed by atoms with E-state index in [-0.39, 0.29) is 11.5 Å². The molecule has 1 N–H and O–H groups in total. The molecule has 0 aliphatic carbocycles. The molecular weight excluding hydrogens is 187 g/mol. The smallest absolute Gasteiger partial charge is 0.326 e. The van der Waals surface area contributed by atoms with Crippen LogP contribution in [0.2, 0.25) is 0 Å². The average molecular weight is 196 g/mol. The van der Waals surface area contributed by atoms with E-state index < -0.39 is 17.9 Å². The van der Waals surface area contributed by atoms with E-state index in [1.165, 1.54) is 6.20 Å². The number of halogens is 1. The quantitative estimate of drug-likeness (QED) is 0.732. The number of hydrogen-bond donors (Lipinski definition) is 1. The summed E-state index contributed by atoms with van der Waals surface area (Å²) in [5.41, 5.74) is -0.138. The Bertz CT molecular complexity index is 411. The van der Waals surface area contributed by atoms with Crippen molar-refractivity contribution in [3.05, 3.63) is 23.8 Å². The zero-order valence-corrected chi connectivity index (χ0v) is 7.58. The van der Waals surface area contributed by atoms with Crippen molar-refractivity contribution in [3.8, 4) is 0 Å². The maximum absolute atomic E-state index is 13.1. The Hall–Kier alpha value is -1.65. The van der Waals surface area contributed by atoms with Crippen molar-refractivity contribution in [2.24, 2.45) is 0 Å². The maximum Gasteiger partial charge on any atom is 0.326 e. The zero-order valence-electron chi connectivity index (χ0n) is 7.58. The van der Waals surface area contributed by atoms with Gasteiger partial charge in [0.25, 0.3) is 0 Å². The number of nitrogens with one attached hydrogen (secondary N) is 1. The van der Waals surface area contributed by atoms with Crippen molar-refractivity contribution < 1.29 is 14.0 Å². The van der Waals surface area contributed by atoms with Gasteiger partial charge >= 0.3 is 6.03 Å². The number of ketones is 1. The van der Waals surface area contributed by atoms with Crippen LogP contribution >= 0.6 is 0 Å². The molecule has 0 fully saturated rings. The fourth-order valence-electron chi connectivity index (χ4n) is 1.55. The number of nitrogens with zero attached hydrogens (tertiary/aromatic N) is 1. The van der Waals surface area contributed by atoms with Crippen LogP contribution < -0.4 is 5.32 Å². The summed E-state index contributed by atoms with van der Waals surface area (Å²) in [6.07, 6.45) is 1.72. The van der Waals surface area contributed by atoms with E-state index in [1.807, 2.05) is 0 Å². The molecular formula is C9H9FN2O2. The number of fused-ring (bicyclic) bond motifs is 1. The number of hydrogen-bond acceptors (Lipinski definition) is 2. The summed E-state index contributed by atoms with van der Waals surface area (Å²) in [5.74, 6) is -1.00. The first-order valence-corrected chi connectivity index (χ1v) is 4.37.